The second kappa shape index (κ2) is 6.46. The minimum absolute atomic E-state index is 0.0144. The molecular weight excluding hydrogens is 286 g/mol. The highest BCUT2D eigenvalue weighted by Gasteiger charge is 2.13. The van der Waals surface area contributed by atoms with Crippen LogP contribution in [-0.4, -0.2) is 26.6 Å². The number of hydrogen-bond donors (Lipinski definition) is 1. The fourth-order valence-corrected chi connectivity index (χ4v) is 2.51. The van der Waals surface area contributed by atoms with Crippen LogP contribution in [0.2, 0.25) is 0 Å². The van der Waals surface area contributed by atoms with Gasteiger partial charge in [-0.2, -0.15) is 10.4 Å². The number of rotatable bonds is 5. The summed E-state index contributed by atoms with van der Waals surface area (Å²) in [6, 6.07) is 11.0. The van der Waals surface area contributed by atoms with Crippen LogP contribution in [0.5, 0.6) is 0 Å². The van der Waals surface area contributed by atoms with Crippen molar-refractivity contribution < 1.29 is 9.90 Å². The number of hydrogen-bond acceptors (Lipinski definition) is 4. The quantitative estimate of drug-likeness (QED) is 0.859. The molecule has 0 atom stereocenters. The lowest BCUT2D eigenvalue weighted by Crippen LogP contribution is -2.02. The fourth-order valence-electron chi connectivity index (χ4n) is 1.76. The van der Waals surface area contributed by atoms with E-state index in [0.29, 0.717) is 5.56 Å². The van der Waals surface area contributed by atoms with Crippen LogP contribution in [-0.2, 0) is 4.79 Å². The number of aromatic nitrogens is 2. The summed E-state index contributed by atoms with van der Waals surface area (Å²) in [5.41, 5.74) is 2.30. The molecule has 1 aromatic carbocycles. The third kappa shape index (κ3) is 3.64. The van der Waals surface area contributed by atoms with E-state index >= 15 is 0 Å². The van der Waals surface area contributed by atoms with E-state index in [9.17, 15) is 4.79 Å². The van der Waals surface area contributed by atoms with Crippen LogP contribution in [0.15, 0.2) is 35.4 Å². The molecule has 0 aliphatic carbocycles. The first-order valence-corrected chi connectivity index (χ1v) is 7.45. The zero-order valence-corrected chi connectivity index (χ0v) is 12.6. The molecule has 0 saturated heterocycles. The van der Waals surface area contributed by atoms with Gasteiger partial charge in [-0.3, -0.25) is 4.79 Å². The molecule has 108 valence electrons. The van der Waals surface area contributed by atoms with Gasteiger partial charge in [-0.1, -0.05) is 25.6 Å². The van der Waals surface area contributed by atoms with Gasteiger partial charge in [-0.25, -0.2) is 4.68 Å². The summed E-state index contributed by atoms with van der Waals surface area (Å²) < 4.78 is 1.73. The van der Waals surface area contributed by atoms with Gasteiger partial charge in [0.05, 0.1) is 28.8 Å². The van der Waals surface area contributed by atoms with Crippen LogP contribution in [0.1, 0.15) is 31.0 Å². The summed E-state index contributed by atoms with van der Waals surface area (Å²) >= 11 is 1.23. The number of nitriles is 1. The second-order valence-electron chi connectivity index (χ2n) is 4.82. The predicted molar refractivity (Wildman–Crippen MR) is 80.7 cm³/mol. The van der Waals surface area contributed by atoms with Gasteiger partial charge < -0.3 is 5.11 Å². The molecule has 0 fully saturated rings. The summed E-state index contributed by atoms with van der Waals surface area (Å²) in [6.45, 7) is 4.08. The largest absolute Gasteiger partial charge is 0.481 e. The minimum Gasteiger partial charge on any atom is -0.481 e. The smallest absolute Gasteiger partial charge is 0.313 e. The third-order valence-electron chi connectivity index (χ3n) is 2.87. The van der Waals surface area contributed by atoms with Crippen molar-refractivity contribution in [2.45, 2.75) is 24.8 Å². The van der Waals surface area contributed by atoms with E-state index in [4.69, 9.17) is 10.4 Å². The van der Waals surface area contributed by atoms with Gasteiger partial charge in [0.1, 0.15) is 5.03 Å². The van der Waals surface area contributed by atoms with Gasteiger partial charge in [-0.05, 0) is 36.2 Å². The Bertz CT molecular complexity index is 684. The van der Waals surface area contributed by atoms with Crippen LogP contribution in [0.3, 0.4) is 0 Å². The maximum absolute atomic E-state index is 10.8. The average Bonchev–Trinajstić information content (AvgIpc) is 2.89. The monoisotopic (exact) mass is 301 g/mol. The Morgan fingerprint density at radius 2 is 2.10 bits per heavy atom. The molecule has 0 unspecified atom stereocenters. The van der Waals surface area contributed by atoms with Gasteiger partial charge >= 0.3 is 5.97 Å². The number of nitrogens with zero attached hydrogens (tertiary/aromatic N) is 3. The standard InChI is InChI=1S/C15H15N3O2S/c1-10(2)13-7-14(21-9-15(19)20)18(17-13)12-5-3-11(8-16)4-6-12/h3-7,10H,9H2,1-2H3,(H,19,20). The van der Waals surface area contributed by atoms with Crippen LogP contribution in [0, 0.1) is 11.3 Å². The highest BCUT2D eigenvalue weighted by atomic mass is 32.2. The SMILES string of the molecule is CC(C)c1cc(SCC(=O)O)n(-c2ccc(C#N)cc2)n1. The normalized spacial score (nSPS) is 10.6. The lowest BCUT2D eigenvalue weighted by atomic mass is 10.1. The van der Waals surface area contributed by atoms with E-state index in [1.165, 1.54) is 11.8 Å². The lowest BCUT2D eigenvalue weighted by Gasteiger charge is -2.06. The maximum atomic E-state index is 10.8. The third-order valence-corrected chi connectivity index (χ3v) is 3.85. The van der Waals surface area contributed by atoms with E-state index in [2.05, 4.69) is 11.2 Å². The van der Waals surface area contributed by atoms with E-state index in [-0.39, 0.29) is 11.7 Å². The van der Waals surface area contributed by atoms with Crippen molar-refractivity contribution in [2.75, 3.05) is 5.75 Å². The Kier molecular flexibility index (Phi) is 4.66. The molecule has 5 nitrogen and oxygen atoms in total. The van der Waals surface area contributed by atoms with Crippen molar-refractivity contribution in [3.8, 4) is 11.8 Å². The first kappa shape index (κ1) is 15.1. The van der Waals surface area contributed by atoms with E-state index in [1.807, 2.05) is 19.9 Å². The van der Waals surface area contributed by atoms with Gasteiger partial charge in [-0.15, -0.1) is 0 Å². The molecule has 0 saturated carbocycles. The topological polar surface area (TPSA) is 78.9 Å². The fraction of sp³-hybridized carbons (Fsp3) is 0.267. The number of thioether (sulfide) groups is 1. The van der Waals surface area contributed by atoms with Crippen molar-refractivity contribution >= 4 is 17.7 Å². The summed E-state index contributed by atoms with van der Waals surface area (Å²) in [6.07, 6.45) is 0. The van der Waals surface area contributed by atoms with Gasteiger partial charge in [0, 0.05) is 0 Å². The Morgan fingerprint density at radius 3 is 2.62 bits per heavy atom. The van der Waals surface area contributed by atoms with Crippen LogP contribution < -0.4 is 0 Å². The molecule has 0 bridgehead atoms. The zero-order valence-electron chi connectivity index (χ0n) is 11.8. The predicted octanol–water partition coefficient (Wildman–Crippen LogP) is 3.04. The number of carbonyl (C=O) groups is 1. The Balaban J connectivity index is 2.39. The van der Waals surface area contributed by atoms with Gasteiger partial charge in [0.25, 0.3) is 0 Å². The molecule has 0 radical (unpaired) electrons. The summed E-state index contributed by atoms with van der Waals surface area (Å²) in [4.78, 5) is 10.8. The minimum atomic E-state index is -0.862. The van der Waals surface area contributed by atoms with Gasteiger partial charge in [0.2, 0.25) is 0 Å². The molecule has 21 heavy (non-hydrogen) atoms. The van der Waals surface area contributed by atoms with Crippen molar-refractivity contribution in [3.05, 3.63) is 41.6 Å². The number of aliphatic carboxylic acids is 1. The molecule has 6 heteroatoms. The van der Waals surface area contributed by atoms with E-state index in [1.54, 1.807) is 28.9 Å². The highest BCUT2D eigenvalue weighted by molar-refractivity contribution is 7.99. The molecule has 0 amide bonds. The molecule has 0 aliphatic rings. The van der Waals surface area contributed by atoms with E-state index < -0.39 is 5.97 Å². The second-order valence-corrected chi connectivity index (χ2v) is 5.81. The zero-order chi connectivity index (χ0) is 15.4. The van der Waals surface area contributed by atoms with Crippen molar-refractivity contribution in [1.82, 2.24) is 9.78 Å². The summed E-state index contributed by atoms with van der Waals surface area (Å²) in [7, 11) is 0. The first-order chi connectivity index (χ1) is 10.0. The molecule has 2 aromatic rings. The maximum Gasteiger partial charge on any atom is 0.313 e. The van der Waals surface area contributed by atoms with Crippen molar-refractivity contribution in [2.24, 2.45) is 0 Å². The molecule has 1 heterocycles. The van der Waals surface area contributed by atoms with Crippen LogP contribution in [0.25, 0.3) is 5.69 Å². The molecular formula is C15H15N3O2S. The first-order valence-electron chi connectivity index (χ1n) is 6.46. The van der Waals surface area contributed by atoms with Crippen molar-refractivity contribution in [1.29, 1.82) is 5.26 Å². The van der Waals surface area contributed by atoms with E-state index in [0.717, 1.165) is 16.4 Å². The lowest BCUT2D eigenvalue weighted by molar-refractivity contribution is -0.133. The summed E-state index contributed by atoms with van der Waals surface area (Å²) in [5, 5.41) is 23.0. The molecule has 1 aromatic heterocycles. The van der Waals surface area contributed by atoms with Crippen molar-refractivity contribution in [3.63, 3.8) is 0 Å². The molecule has 1 N–H and O–H groups in total. The molecule has 0 aliphatic heterocycles. The number of benzene rings is 1. The molecule has 0 spiro atoms. The average molecular weight is 301 g/mol. The Hall–Kier alpha value is -2.26. The Morgan fingerprint density at radius 1 is 1.43 bits per heavy atom. The van der Waals surface area contributed by atoms with Crippen LogP contribution in [0.4, 0.5) is 0 Å². The molecule has 2 rings (SSSR count). The van der Waals surface area contributed by atoms with Gasteiger partial charge in [0.15, 0.2) is 0 Å². The Labute approximate surface area is 127 Å². The van der Waals surface area contributed by atoms with Crippen LogP contribution >= 0.6 is 11.8 Å². The highest BCUT2D eigenvalue weighted by Crippen LogP contribution is 2.26. The summed E-state index contributed by atoms with van der Waals surface area (Å²) in [5.74, 6) is -0.619. The number of carboxylic acid groups (broad SMARTS) is 1. The number of carboxylic acids is 1.